The van der Waals surface area contributed by atoms with Crippen molar-refractivity contribution in [2.75, 3.05) is 32.8 Å². The number of aliphatic hydroxyl groups excluding tert-OH is 1. The van der Waals surface area contributed by atoms with Crippen molar-refractivity contribution in [3.05, 3.63) is 0 Å². The highest BCUT2D eigenvalue weighted by Crippen LogP contribution is 2.33. The summed E-state index contributed by atoms with van der Waals surface area (Å²) in [4.78, 5) is 1.91. The summed E-state index contributed by atoms with van der Waals surface area (Å²) in [7, 11) is 0. The third-order valence-electron chi connectivity index (χ3n) is 4.12. The average Bonchev–Trinajstić information content (AvgIpc) is 2.38. The second kappa shape index (κ2) is 7.61. The van der Waals surface area contributed by atoms with Crippen LogP contribution in [0.2, 0.25) is 0 Å². The van der Waals surface area contributed by atoms with Gasteiger partial charge in [-0.2, -0.15) is 13.2 Å². The minimum absolute atomic E-state index is 0.0476. The van der Waals surface area contributed by atoms with Crippen LogP contribution in [0.25, 0.3) is 0 Å². The Balaban J connectivity index is 2.34. The summed E-state index contributed by atoms with van der Waals surface area (Å²) in [5.74, 6) is -1.17. The molecule has 0 saturated carbocycles. The van der Waals surface area contributed by atoms with E-state index in [1.807, 2.05) is 18.7 Å². The fourth-order valence-electron chi connectivity index (χ4n) is 2.87. The first-order chi connectivity index (χ1) is 9.30. The lowest BCUT2D eigenvalue weighted by molar-refractivity contribution is -0.186. The molecule has 2 atom stereocenters. The molecule has 2 N–H and O–H groups in total. The fraction of sp³-hybridized carbons (Fsp3) is 1.00. The van der Waals surface area contributed by atoms with Gasteiger partial charge in [-0.1, -0.05) is 6.92 Å². The highest BCUT2D eigenvalue weighted by Gasteiger charge is 2.41. The number of aliphatic hydroxyl groups is 1. The molecule has 1 aliphatic rings. The Morgan fingerprint density at radius 3 is 2.60 bits per heavy atom. The monoisotopic (exact) mass is 296 g/mol. The quantitative estimate of drug-likeness (QED) is 0.757. The van der Waals surface area contributed by atoms with Crippen LogP contribution >= 0.6 is 0 Å². The van der Waals surface area contributed by atoms with Crippen LogP contribution in [0.15, 0.2) is 0 Å². The minimum Gasteiger partial charge on any atom is -0.394 e. The number of rotatable bonds is 7. The van der Waals surface area contributed by atoms with E-state index in [4.69, 9.17) is 0 Å². The lowest BCUT2D eigenvalue weighted by Gasteiger charge is -2.35. The molecule has 1 aliphatic heterocycles. The number of likely N-dealkylation sites (N-methyl/N-ethyl adjacent to an activating group) is 1. The van der Waals surface area contributed by atoms with E-state index in [0.717, 1.165) is 25.9 Å². The molecular weight excluding hydrogens is 269 g/mol. The van der Waals surface area contributed by atoms with Gasteiger partial charge >= 0.3 is 6.18 Å². The molecule has 1 rings (SSSR count). The predicted octanol–water partition coefficient (Wildman–Crippen LogP) is 2.40. The van der Waals surface area contributed by atoms with Gasteiger partial charge < -0.3 is 15.3 Å². The Hall–Kier alpha value is -0.330. The molecule has 6 heteroatoms. The molecule has 120 valence electrons. The second-order valence-electron chi connectivity index (χ2n) is 6.03. The number of nitrogens with zero attached hydrogens (tertiary/aromatic N) is 1. The van der Waals surface area contributed by atoms with Gasteiger partial charge in [-0.3, -0.25) is 0 Å². The maximum absolute atomic E-state index is 12.7. The normalized spacial score (nSPS) is 24.6. The van der Waals surface area contributed by atoms with E-state index in [2.05, 4.69) is 5.32 Å². The smallest absolute Gasteiger partial charge is 0.393 e. The molecule has 0 aliphatic carbocycles. The van der Waals surface area contributed by atoms with Gasteiger partial charge in [-0.05, 0) is 52.2 Å². The van der Waals surface area contributed by atoms with Gasteiger partial charge in [0.2, 0.25) is 0 Å². The van der Waals surface area contributed by atoms with Crippen LogP contribution < -0.4 is 5.32 Å². The third-order valence-corrected chi connectivity index (χ3v) is 4.12. The molecular formula is C14H27F3N2O. The number of halogens is 3. The fourth-order valence-corrected chi connectivity index (χ4v) is 2.87. The zero-order chi connectivity index (χ0) is 15.2. The largest absolute Gasteiger partial charge is 0.394 e. The first-order valence-corrected chi connectivity index (χ1v) is 7.45. The highest BCUT2D eigenvalue weighted by molar-refractivity contribution is 4.83. The van der Waals surface area contributed by atoms with Crippen molar-refractivity contribution in [3.63, 3.8) is 0 Å². The third kappa shape index (κ3) is 5.58. The van der Waals surface area contributed by atoms with Gasteiger partial charge in [0.1, 0.15) is 0 Å². The lowest BCUT2D eigenvalue weighted by Crippen LogP contribution is -2.47. The molecule has 0 spiro atoms. The van der Waals surface area contributed by atoms with Crippen molar-refractivity contribution in [2.24, 2.45) is 5.92 Å². The van der Waals surface area contributed by atoms with Crippen LogP contribution in [0.3, 0.4) is 0 Å². The first-order valence-electron chi connectivity index (χ1n) is 7.45. The van der Waals surface area contributed by atoms with Crippen LogP contribution in [0.5, 0.6) is 0 Å². The van der Waals surface area contributed by atoms with Gasteiger partial charge in [-0.15, -0.1) is 0 Å². The van der Waals surface area contributed by atoms with Crippen LogP contribution in [0, 0.1) is 5.92 Å². The predicted molar refractivity (Wildman–Crippen MR) is 73.6 cm³/mol. The minimum atomic E-state index is -4.07. The van der Waals surface area contributed by atoms with Crippen LogP contribution in [-0.2, 0) is 0 Å². The Morgan fingerprint density at radius 2 is 2.05 bits per heavy atom. The maximum atomic E-state index is 12.7. The van der Waals surface area contributed by atoms with Crippen molar-refractivity contribution < 1.29 is 18.3 Å². The summed E-state index contributed by atoms with van der Waals surface area (Å²) in [6.07, 6.45) is -1.62. The number of likely N-dealkylation sites (tertiary alicyclic amines) is 1. The number of hydrogen-bond acceptors (Lipinski definition) is 3. The molecule has 0 aromatic heterocycles. The van der Waals surface area contributed by atoms with E-state index < -0.39 is 12.1 Å². The molecule has 2 unspecified atom stereocenters. The molecule has 0 aromatic carbocycles. The summed E-state index contributed by atoms with van der Waals surface area (Å²) < 4.78 is 38.1. The second-order valence-corrected chi connectivity index (χ2v) is 6.03. The average molecular weight is 296 g/mol. The molecule has 0 aromatic rings. The van der Waals surface area contributed by atoms with Gasteiger partial charge in [0, 0.05) is 12.1 Å². The molecule has 1 fully saturated rings. The molecule has 3 nitrogen and oxygen atoms in total. The van der Waals surface area contributed by atoms with Gasteiger partial charge in [0.25, 0.3) is 0 Å². The molecule has 1 heterocycles. The summed E-state index contributed by atoms with van der Waals surface area (Å²) in [6.45, 7) is 6.30. The molecule has 0 bridgehead atoms. The van der Waals surface area contributed by atoms with Gasteiger partial charge in [-0.25, -0.2) is 0 Å². The Bertz CT molecular complexity index is 286. The van der Waals surface area contributed by atoms with Gasteiger partial charge in [0.15, 0.2) is 0 Å². The molecule has 20 heavy (non-hydrogen) atoms. The summed E-state index contributed by atoms with van der Waals surface area (Å²) in [5.41, 5.74) is -0.325. The molecule has 1 saturated heterocycles. The van der Waals surface area contributed by atoms with Crippen molar-refractivity contribution in [2.45, 2.75) is 51.2 Å². The topological polar surface area (TPSA) is 35.5 Å². The summed E-state index contributed by atoms with van der Waals surface area (Å²) in [6, 6.07) is 0. The molecule has 0 radical (unpaired) electrons. The highest BCUT2D eigenvalue weighted by atomic mass is 19.4. The summed E-state index contributed by atoms with van der Waals surface area (Å²) >= 11 is 0. The van der Waals surface area contributed by atoms with E-state index in [0.29, 0.717) is 13.0 Å². The number of piperidine rings is 1. The van der Waals surface area contributed by atoms with E-state index in [1.165, 1.54) is 0 Å². The Labute approximate surface area is 119 Å². The van der Waals surface area contributed by atoms with Crippen LogP contribution in [-0.4, -0.2) is 54.5 Å². The zero-order valence-electron chi connectivity index (χ0n) is 12.5. The number of alkyl halides is 3. The number of nitrogens with one attached hydrogen (secondary N) is 1. The van der Waals surface area contributed by atoms with E-state index in [-0.39, 0.29) is 25.1 Å². The Morgan fingerprint density at radius 1 is 1.35 bits per heavy atom. The van der Waals surface area contributed by atoms with Crippen molar-refractivity contribution >= 4 is 0 Å². The van der Waals surface area contributed by atoms with E-state index in [9.17, 15) is 18.3 Å². The van der Waals surface area contributed by atoms with Crippen LogP contribution in [0.1, 0.15) is 39.5 Å². The maximum Gasteiger partial charge on any atom is 0.393 e. The Kier molecular flexibility index (Phi) is 6.75. The van der Waals surface area contributed by atoms with Gasteiger partial charge in [0.05, 0.1) is 12.5 Å². The van der Waals surface area contributed by atoms with Crippen molar-refractivity contribution in [1.82, 2.24) is 10.2 Å². The first kappa shape index (κ1) is 17.7. The standard InChI is InChI=1S/C14H27F3N2O/c1-3-18-13(2,11-20)7-5-9-19-8-4-6-12(10-19)14(15,16)17/h12,18,20H,3-11H2,1-2H3. The molecule has 0 amide bonds. The number of hydrogen-bond donors (Lipinski definition) is 2. The van der Waals surface area contributed by atoms with Crippen molar-refractivity contribution in [3.8, 4) is 0 Å². The lowest BCUT2D eigenvalue weighted by atomic mass is 9.94. The SMILES string of the molecule is CCNC(C)(CO)CCCN1CCCC(C(F)(F)F)C1. The van der Waals surface area contributed by atoms with E-state index in [1.54, 1.807) is 0 Å². The summed E-state index contributed by atoms with van der Waals surface area (Å²) in [5, 5.41) is 12.6. The van der Waals surface area contributed by atoms with E-state index >= 15 is 0 Å². The van der Waals surface area contributed by atoms with Crippen molar-refractivity contribution in [1.29, 1.82) is 0 Å². The zero-order valence-corrected chi connectivity index (χ0v) is 12.5. The van der Waals surface area contributed by atoms with Crippen LogP contribution in [0.4, 0.5) is 13.2 Å².